The molecule has 0 saturated carbocycles. The van der Waals surface area contributed by atoms with Crippen molar-refractivity contribution in [1.29, 1.82) is 0 Å². The third kappa shape index (κ3) is 2.62. The van der Waals surface area contributed by atoms with Gasteiger partial charge >= 0.3 is 11.6 Å². The van der Waals surface area contributed by atoms with E-state index in [0.29, 0.717) is 11.0 Å². The number of likely N-dealkylation sites (N-methyl/N-ethyl adjacent to an activating group) is 1. The highest BCUT2D eigenvalue weighted by Gasteiger charge is 2.16. The van der Waals surface area contributed by atoms with Crippen LogP contribution >= 0.6 is 0 Å². The van der Waals surface area contributed by atoms with Crippen LogP contribution in [0.15, 0.2) is 33.5 Å². The molecule has 110 valence electrons. The molecule has 1 N–H and O–H groups in total. The van der Waals surface area contributed by atoms with E-state index in [1.807, 2.05) is 6.07 Å². The summed E-state index contributed by atoms with van der Waals surface area (Å²) in [5.41, 5.74) is 0.253. The van der Waals surface area contributed by atoms with Crippen molar-refractivity contribution < 1.29 is 14.3 Å². The Morgan fingerprint density at radius 1 is 1.19 bits per heavy atom. The highest BCUT2D eigenvalue weighted by molar-refractivity contribution is 5.92. The van der Waals surface area contributed by atoms with Gasteiger partial charge < -0.3 is 19.3 Å². The number of carboxylic acids is 1. The molecule has 1 aliphatic rings. The van der Waals surface area contributed by atoms with Crippen LogP contribution in [0.3, 0.4) is 0 Å². The maximum absolute atomic E-state index is 11.6. The quantitative estimate of drug-likeness (QED) is 0.838. The van der Waals surface area contributed by atoms with Crippen molar-refractivity contribution in [3.8, 4) is 0 Å². The van der Waals surface area contributed by atoms with Crippen molar-refractivity contribution in [3.63, 3.8) is 0 Å². The van der Waals surface area contributed by atoms with E-state index in [-0.39, 0.29) is 5.56 Å². The summed E-state index contributed by atoms with van der Waals surface area (Å²) in [6, 6.07) is 6.88. The SMILES string of the molecule is CN1CCN(c2ccc3cc(C(=O)O)c(=O)oc3c2)CC1. The minimum absolute atomic E-state index is 0.338. The van der Waals surface area contributed by atoms with Gasteiger partial charge in [0.2, 0.25) is 0 Å². The van der Waals surface area contributed by atoms with E-state index in [4.69, 9.17) is 9.52 Å². The third-order valence-electron chi connectivity index (χ3n) is 3.82. The summed E-state index contributed by atoms with van der Waals surface area (Å²) in [7, 11) is 2.09. The first-order valence-corrected chi connectivity index (χ1v) is 6.79. The zero-order valence-corrected chi connectivity index (χ0v) is 11.7. The highest BCUT2D eigenvalue weighted by Crippen LogP contribution is 2.22. The lowest BCUT2D eigenvalue weighted by Crippen LogP contribution is -2.44. The Morgan fingerprint density at radius 3 is 2.57 bits per heavy atom. The van der Waals surface area contributed by atoms with Crippen LogP contribution in [0.5, 0.6) is 0 Å². The summed E-state index contributed by atoms with van der Waals surface area (Å²) in [6.45, 7) is 3.80. The van der Waals surface area contributed by atoms with E-state index in [2.05, 4.69) is 16.8 Å². The molecule has 1 saturated heterocycles. The monoisotopic (exact) mass is 288 g/mol. The lowest BCUT2D eigenvalue weighted by molar-refractivity contribution is 0.0692. The van der Waals surface area contributed by atoms with Gasteiger partial charge in [0.25, 0.3) is 0 Å². The molecule has 2 heterocycles. The van der Waals surface area contributed by atoms with Gasteiger partial charge in [-0.3, -0.25) is 0 Å². The Kier molecular flexibility index (Phi) is 3.39. The maximum Gasteiger partial charge on any atom is 0.351 e. The van der Waals surface area contributed by atoms with Crippen molar-refractivity contribution in [2.75, 3.05) is 38.1 Å². The average molecular weight is 288 g/mol. The first-order chi connectivity index (χ1) is 10.0. The minimum atomic E-state index is -1.27. The average Bonchev–Trinajstić information content (AvgIpc) is 2.46. The third-order valence-corrected chi connectivity index (χ3v) is 3.82. The Hall–Kier alpha value is -2.34. The Labute approximate surface area is 121 Å². The van der Waals surface area contributed by atoms with E-state index in [1.54, 1.807) is 12.1 Å². The summed E-state index contributed by atoms with van der Waals surface area (Å²) in [5, 5.41) is 9.55. The number of rotatable bonds is 2. The molecule has 0 atom stereocenters. The zero-order chi connectivity index (χ0) is 15.0. The van der Waals surface area contributed by atoms with E-state index in [1.165, 1.54) is 6.07 Å². The fourth-order valence-corrected chi connectivity index (χ4v) is 2.51. The van der Waals surface area contributed by atoms with E-state index in [9.17, 15) is 9.59 Å². The molecule has 1 aromatic heterocycles. The van der Waals surface area contributed by atoms with Crippen LogP contribution < -0.4 is 10.5 Å². The van der Waals surface area contributed by atoms with Crippen LogP contribution in [0.2, 0.25) is 0 Å². The summed E-state index contributed by atoms with van der Waals surface area (Å²) >= 11 is 0. The lowest BCUT2D eigenvalue weighted by Gasteiger charge is -2.34. The van der Waals surface area contributed by atoms with Crippen LogP contribution in [-0.4, -0.2) is 49.2 Å². The van der Waals surface area contributed by atoms with Crippen LogP contribution in [0.25, 0.3) is 11.0 Å². The number of hydrogen-bond acceptors (Lipinski definition) is 5. The second-order valence-corrected chi connectivity index (χ2v) is 5.27. The first kappa shape index (κ1) is 13.6. The molecule has 1 aromatic carbocycles. The fraction of sp³-hybridized carbons (Fsp3) is 0.333. The molecule has 6 nitrogen and oxygen atoms in total. The molecule has 0 aliphatic carbocycles. The standard InChI is InChI=1S/C15H16N2O4/c1-16-4-6-17(7-5-16)11-3-2-10-8-12(14(18)19)15(20)21-13(10)9-11/h2-3,8-9H,4-7H2,1H3,(H,18,19). The predicted octanol–water partition coefficient (Wildman–Crippen LogP) is 1.24. The van der Waals surface area contributed by atoms with Crippen molar-refractivity contribution in [1.82, 2.24) is 4.90 Å². The van der Waals surface area contributed by atoms with Crippen molar-refractivity contribution in [2.24, 2.45) is 0 Å². The molecule has 0 bridgehead atoms. The molecule has 0 unspecified atom stereocenters. The molecule has 21 heavy (non-hydrogen) atoms. The fourth-order valence-electron chi connectivity index (χ4n) is 2.51. The van der Waals surface area contributed by atoms with Gasteiger partial charge in [0.1, 0.15) is 11.1 Å². The van der Waals surface area contributed by atoms with Crippen LogP contribution in [-0.2, 0) is 0 Å². The van der Waals surface area contributed by atoms with E-state index in [0.717, 1.165) is 31.9 Å². The van der Waals surface area contributed by atoms with Gasteiger partial charge in [-0.25, -0.2) is 9.59 Å². The number of carboxylic acid groups (broad SMARTS) is 1. The smallest absolute Gasteiger partial charge is 0.351 e. The number of aromatic carboxylic acids is 1. The predicted molar refractivity (Wildman–Crippen MR) is 79.2 cm³/mol. The molecule has 6 heteroatoms. The first-order valence-electron chi connectivity index (χ1n) is 6.79. The van der Waals surface area contributed by atoms with Gasteiger partial charge in [0.05, 0.1) is 0 Å². The van der Waals surface area contributed by atoms with Gasteiger partial charge in [0, 0.05) is 43.3 Å². The summed E-state index contributed by atoms with van der Waals surface area (Å²) in [4.78, 5) is 27.1. The maximum atomic E-state index is 11.6. The van der Waals surface area contributed by atoms with Gasteiger partial charge in [0.15, 0.2) is 0 Å². The Morgan fingerprint density at radius 2 is 1.90 bits per heavy atom. The Bertz CT molecular complexity index is 745. The molecular weight excluding hydrogens is 272 g/mol. The van der Waals surface area contributed by atoms with Crippen molar-refractivity contribution in [2.45, 2.75) is 0 Å². The highest BCUT2D eigenvalue weighted by atomic mass is 16.4. The number of anilines is 1. The summed E-state index contributed by atoms with van der Waals surface area (Å²) in [5.74, 6) is -1.27. The van der Waals surface area contributed by atoms with Crippen LogP contribution in [0.1, 0.15) is 10.4 Å². The summed E-state index contributed by atoms with van der Waals surface area (Å²) < 4.78 is 5.13. The number of hydrogen-bond donors (Lipinski definition) is 1. The largest absolute Gasteiger partial charge is 0.477 e. The zero-order valence-electron chi connectivity index (χ0n) is 11.7. The summed E-state index contributed by atoms with van der Waals surface area (Å²) in [6.07, 6.45) is 0. The van der Waals surface area contributed by atoms with Gasteiger partial charge in [-0.05, 0) is 25.2 Å². The lowest BCUT2D eigenvalue weighted by atomic mass is 10.1. The molecule has 1 fully saturated rings. The van der Waals surface area contributed by atoms with Gasteiger partial charge in [-0.2, -0.15) is 0 Å². The molecular formula is C15H16N2O4. The van der Waals surface area contributed by atoms with Crippen LogP contribution in [0, 0.1) is 0 Å². The second-order valence-electron chi connectivity index (χ2n) is 5.27. The Balaban J connectivity index is 1.99. The number of benzene rings is 1. The van der Waals surface area contributed by atoms with E-state index < -0.39 is 11.6 Å². The van der Waals surface area contributed by atoms with Gasteiger partial charge in [-0.1, -0.05) is 0 Å². The van der Waals surface area contributed by atoms with Crippen LogP contribution in [0.4, 0.5) is 5.69 Å². The number of nitrogens with zero attached hydrogens (tertiary/aromatic N) is 2. The molecule has 2 aromatic rings. The normalized spacial score (nSPS) is 16.3. The number of fused-ring (bicyclic) bond motifs is 1. The van der Waals surface area contributed by atoms with Gasteiger partial charge in [-0.15, -0.1) is 0 Å². The number of carbonyl (C=O) groups is 1. The molecule has 0 radical (unpaired) electrons. The second kappa shape index (κ2) is 5.21. The minimum Gasteiger partial charge on any atom is -0.477 e. The number of piperazine rings is 1. The van der Waals surface area contributed by atoms with E-state index >= 15 is 0 Å². The van der Waals surface area contributed by atoms with Crippen molar-refractivity contribution >= 4 is 22.6 Å². The molecule has 0 spiro atoms. The molecule has 3 rings (SSSR count). The molecule has 0 amide bonds. The topological polar surface area (TPSA) is 74.0 Å². The van der Waals surface area contributed by atoms with Crippen molar-refractivity contribution in [3.05, 3.63) is 40.2 Å². The molecule has 1 aliphatic heterocycles.